The third-order valence-electron chi connectivity index (χ3n) is 3.10. The summed E-state index contributed by atoms with van der Waals surface area (Å²) >= 11 is 6.92. The van der Waals surface area contributed by atoms with Crippen LogP contribution in [-0.4, -0.2) is 14.8 Å². The fraction of sp³-hybridized carbons (Fsp3) is 0.273. The van der Waals surface area contributed by atoms with Crippen LogP contribution in [0.4, 0.5) is 0 Å². The molecule has 3 rings (SSSR count). The predicted octanol–water partition coefficient (Wildman–Crippen LogP) is 2.65. The summed E-state index contributed by atoms with van der Waals surface area (Å²) in [5, 5.41) is 0. The third kappa shape index (κ3) is 1.09. The van der Waals surface area contributed by atoms with E-state index in [4.69, 9.17) is 0 Å². The number of carbonyl (C=O) groups excluding carboxylic acids is 2. The standard InChI is InChI=1S/C11H6Br2O2/c12-11(13)7-5-3-1-2-4-6(5)9(14)10(15)8(7)11/h1-4,7-8H/t7-,8+/m0/s1. The van der Waals surface area contributed by atoms with Crippen molar-refractivity contribution >= 4 is 43.4 Å². The van der Waals surface area contributed by atoms with Gasteiger partial charge in [-0.1, -0.05) is 56.1 Å². The summed E-state index contributed by atoms with van der Waals surface area (Å²) in [6.45, 7) is 0. The maximum atomic E-state index is 11.8. The van der Waals surface area contributed by atoms with Crippen molar-refractivity contribution in [1.82, 2.24) is 0 Å². The number of hydrogen-bond donors (Lipinski definition) is 0. The second kappa shape index (κ2) is 2.80. The average Bonchev–Trinajstić information content (AvgIpc) is 2.79. The molecule has 0 amide bonds. The smallest absolute Gasteiger partial charge is 0.229 e. The van der Waals surface area contributed by atoms with Crippen LogP contribution in [0.2, 0.25) is 0 Å². The van der Waals surface area contributed by atoms with Crippen LogP contribution in [0.15, 0.2) is 24.3 Å². The topological polar surface area (TPSA) is 34.1 Å². The van der Waals surface area contributed by atoms with Gasteiger partial charge in [-0.3, -0.25) is 9.59 Å². The van der Waals surface area contributed by atoms with E-state index in [2.05, 4.69) is 31.9 Å². The average molecular weight is 330 g/mol. The highest BCUT2D eigenvalue weighted by atomic mass is 79.9. The summed E-state index contributed by atoms with van der Waals surface area (Å²) in [4.78, 5) is 23.5. The van der Waals surface area contributed by atoms with Crippen molar-refractivity contribution in [2.24, 2.45) is 5.92 Å². The Kier molecular flexibility index (Phi) is 1.81. The minimum Gasteiger partial charge on any atom is -0.290 e. The SMILES string of the molecule is O=C1C(=O)[C@H]2[C@H](c3ccccc31)C2(Br)Br. The predicted molar refractivity (Wildman–Crippen MR) is 62.6 cm³/mol. The lowest BCUT2D eigenvalue weighted by molar-refractivity contribution is -0.116. The number of ketones is 2. The second-order valence-corrected chi connectivity index (χ2v) is 7.60. The van der Waals surface area contributed by atoms with E-state index in [-0.39, 0.29) is 23.4 Å². The van der Waals surface area contributed by atoms with Crippen LogP contribution >= 0.6 is 31.9 Å². The van der Waals surface area contributed by atoms with Gasteiger partial charge in [-0.15, -0.1) is 0 Å². The van der Waals surface area contributed by atoms with Crippen molar-refractivity contribution in [3.63, 3.8) is 0 Å². The number of rotatable bonds is 0. The fourth-order valence-corrected chi connectivity index (χ4v) is 3.99. The lowest BCUT2D eigenvalue weighted by atomic mass is 9.90. The van der Waals surface area contributed by atoms with Gasteiger partial charge in [0.15, 0.2) is 0 Å². The van der Waals surface area contributed by atoms with Gasteiger partial charge >= 0.3 is 0 Å². The van der Waals surface area contributed by atoms with Crippen molar-refractivity contribution in [2.45, 2.75) is 9.15 Å². The summed E-state index contributed by atoms with van der Waals surface area (Å²) in [6.07, 6.45) is 0. The molecular formula is C11H6Br2O2. The first-order chi connectivity index (χ1) is 7.05. The van der Waals surface area contributed by atoms with E-state index in [9.17, 15) is 9.59 Å². The molecule has 2 nitrogen and oxygen atoms in total. The van der Waals surface area contributed by atoms with E-state index in [1.807, 2.05) is 12.1 Å². The van der Waals surface area contributed by atoms with E-state index in [0.717, 1.165) is 5.56 Å². The van der Waals surface area contributed by atoms with E-state index < -0.39 is 3.23 Å². The quantitative estimate of drug-likeness (QED) is 0.541. The van der Waals surface area contributed by atoms with Crippen LogP contribution in [0, 0.1) is 5.92 Å². The zero-order valence-electron chi connectivity index (χ0n) is 7.54. The maximum absolute atomic E-state index is 11.8. The molecule has 76 valence electrons. The maximum Gasteiger partial charge on any atom is 0.229 e. The van der Waals surface area contributed by atoms with Crippen LogP contribution in [0.25, 0.3) is 0 Å². The Morgan fingerprint density at radius 1 is 1.07 bits per heavy atom. The number of hydrogen-bond acceptors (Lipinski definition) is 2. The number of carbonyl (C=O) groups is 2. The van der Waals surface area contributed by atoms with Gasteiger partial charge in [0.1, 0.15) is 0 Å². The van der Waals surface area contributed by atoms with Crippen LogP contribution in [0.1, 0.15) is 21.8 Å². The Bertz CT molecular complexity index is 493. The van der Waals surface area contributed by atoms with Crippen molar-refractivity contribution in [3.05, 3.63) is 35.4 Å². The van der Waals surface area contributed by atoms with Gasteiger partial charge in [0.2, 0.25) is 11.6 Å². The van der Waals surface area contributed by atoms with Crippen molar-refractivity contribution < 1.29 is 9.59 Å². The van der Waals surface area contributed by atoms with Crippen LogP contribution < -0.4 is 0 Å². The normalized spacial score (nSPS) is 30.8. The monoisotopic (exact) mass is 328 g/mol. The molecule has 0 radical (unpaired) electrons. The number of Topliss-reactive ketones (excluding diaryl/α,β-unsaturated/α-hetero) is 2. The second-order valence-electron chi connectivity index (χ2n) is 3.91. The van der Waals surface area contributed by atoms with Crippen molar-refractivity contribution in [3.8, 4) is 0 Å². The van der Waals surface area contributed by atoms with Gasteiger partial charge in [0.05, 0.1) is 9.15 Å². The molecule has 0 heterocycles. The number of fused-ring (bicyclic) bond motifs is 3. The molecule has 1 fully saturated rings. The zero-order chi connectivity index (χ0) is 10.8. The minimum absolute atomic E-state index is 0.0962. The Hall–Kier alpha value is -0.480. The summed E-state index contributed by atoms with van der Waals surface area (Å²) in [5.74, 6) is -0.779. The van der Waals surface area contributed by atoms with E-state index in [1.165, 1.54) is 0 Å². The van der Waals surface area contributed by atoms with Crippen molar-refractivity contribution in [2.75, 3.05) is 0 Å². The van der Waals surface area contributed by atoms with E-state index in [0.29, 0.717) is 5.56 Å². The molecule has 4 heteroatoms. The number of benzene rings is 1. The molecule has 0 N–H and O–H groups in total. The molecule has 0 aliphatic heterocycles. The molecule has 0 bridgehead atoms. The van der Waals surface area contributed by atoms with Gasteiger partial charge in [-0.2, -0.15) is 0 Å². The van der Waals surface area contributed by atoms with E-state index in [1.54, 1.807) is 12.1 Å². The van der Waals surface area contributed by atoms with Crippen LogP contribution in [0.5, 0.6) is 0 Å². The summed E-state index contributed by atoms with van der Waals surface area (Å²) in [7, 11) is 0. The summed E-state index contributed by atoms with van der Waals surface area (Å²) in [5.41, 5.74) is 1.53. The largest absolute Gasteiger partial charge is 0.290 e. The molecule has 0 unspecified atom stereocenters. The summed E-state index contributed by atoms with van der Waals surface area (Å²) < 4.78 is -0.403. The van der Waals surface area contributed by atoms with Gasteiger partial charge in [0, 0.05) is 11.5 Å². The molecule has 15 heavy (non-hydrogen) atoms. The highest BCUT2D eigenvalue weighted by Crippen LogP contribution is 2.69. The lowest BCUT2D eigenvalue weighted by Gasteiger charge is -2.11. The first-order valence-corrected chi connectivity index (χ1v) is 6.19. The molecule has 1 saturated carbocycles. The molecule has 2 atom stereocenters. The Morgan fingerprint density at radius 2 is 1.73 bits per heavy atom. The molecular weight excluding hydrogens is 324 g/mol. The molecule has 0 aromatic heterocycles. The minimum atomic E-state index is -0.403. The zero-order valence-corrected chi connectivity index (χ0v) is 10.7. The third-order valence-corrected chi connectivity index (χ3v) is 5.07. The molecule has 0 saturated heterocycles. The summed E-state index contributed by atoms with van der Waals surface area (Å²) in [6, 6.07) is 7.33. The van der Waals surface area contributed by atoms with Gasteiger partial charge in [0.25, 0.3) is 0 Å². The Morgan fingerprint density at radius 3 is 2.47 bits per heavy atom. The Labute approximate surface area is 103 Å². The molecule has 1 aromatic carbocycles. The fourth-order valence-electron chi connectivity index (χ4n) is 2.29. The highest BCUT2D eigenvalue weighted by Gasteiger charge is 2.69. The van der Waals surface area contributed by atoms with E-state index >= 15 is 0 Å². The van der Waals surface area contributed by atoms with Gasteiger partial charge < -0.3 is 0 Å². The van der Waals surface area contributed by atoms with Crippen molar-refractivity contribution in [1.29, 1.82) is 0 Å². The highest BCUT2D eigenvalue weighted by molar-refractivity contribution is 9.25. The van der Waals surface area contributed by atoms with Gasteiger partial charge in [-0.05, 0) is 5.56 Å². The number of halogens is 2. The molecule has 0 spiro atoms. The lowest BCUT2D eigenvalue weighted by Crippen LogP contribution is -2.22. The van der Waals surface area contributed by atoms with Gasteiger partial charge in [-0.25, -0.2) is 0 Å². The van der Waals surface area contributed by atoms with Crippen LogP contribution in [-0.2, 0) is 4.79 Å². The first-order valence-electron chi connectivity index (χ1n) is 4.60. The van der Waals surface area contributed by atoms with Crippen LogP contribution in [0.3, 0.4) is 0 Å². The molecule has 2 aliphatic carbocycles. The Balaban J connectivity index is 2.24. The number of alkyl halides is 2. The molecule has 2 aliphatic rings. The first kappa shape index (κ1) is 9.73. The molecule has 1 aromatic rings.